The van der Waals surface area contributed by atoms with E-state index in [4.69, 9.17) is 4.42 Å². The molecule has 2 heterocycles. The first-order valence-corrected chi connectivity index (χ1v) is 10.2. The van der Waals surface area contributed by atoms with Crippen molar-refractivity contribution >= 4 is 21.6 Å². The zero-order valence-electron chi connectivity index (χ0n) is 12.7. The summed E-state index contributed by atoms with van der Waals surface area (Å²) in [5, 5.41) is 2.89. The number of furan rings is 1. The Morgan fingerprint density at radius 2 is 2.29 bits per heavy atom. The predicted molar refractivity (Wildman–Crippen MR) is 87.1 cm³/mol. The van der Waals surface area contributed by atoms with Gasteiger partial charge in [-0.25, -0.2) is 8.42 Å². The van der Waals surface area contributed by atoms with Crippen molar-refractivity contribution < 1.29 is 12.8 Å². The zero-order valence-corrected chi connectivity index (χ0v) is 14.3. The van der Waals surface area contributed by atoms with E-state index in [0.717, 1.165) is 36.7 Å². The summed E-state index contributed by atoms with van der Waals surface area (Å²) in [6.07, 6.45) is 1.68. The lowest BCUT2D eigenvalue weighted by molar-refractivity contribution is 0.239. The monoisotopic (exact) mass is 332 g/mol. The molecule has 0 saturated carbocycles. The maximum Gasteiger partial charge on any atom is 0.166 e. The highest BCUT2D eigenvalue weighted by molar-refractivity contribution is 8.01. The summed E-state index contributed by atoms with van der Waals surface area (Å²) >= 11 is 1.72. The summed E-state index contributed by atoms with van der Waals surface area (Å²) in [5.41, 5.74) is 1.11. The summed E-state index contributed by atoms with van der Waals surface area (Å²) in [6.45, 7) is 6.80. The van der Waals surface area contributed by atoms with E-state index in [2.05, 4.69) is 12.2 Å². The SMILES string of the molecule is CCNCc1ccoc1CN1CCSCC1S(=O)(=O)CC. The van der Waals surface area contributed by atoms with Gasteiger partial charge in [-0.15, -0.1) is 0 Å². The predicted octanol–water partition coefficient (Wildman–Crippen LogP) is 1.70. The molecule has 1 saturated heterocycles. The molecule has 7 heteroatoms. The number of hydrogen-bond donors (Lipinski definition) is 1. The highest BCUT2D eigenvalue weighted by atomic mass is 32.2. The molecule has 1 unspecified atom stereocenters. The molecule has 1 aliphatic rings. The Morgan fingerprint density at radius 1 is 1.48 bits per heavy atom. The van der Waals surface area contributed by atoms with Crippen molar-refractivity contribution in [2.45, 2.75) is 32.3 Å². The largest absolute Gasteiger partial charge is 0.468 e. The first kappa shape index (κ1) is 16.9. The Labute approximate surface area is 131 Å². The van der Waals surface area contributed by atoms with Crippen LogP contribution in [0.15, 0.2) is 16.7 Å². The van der Waals surface area contributed by atoms with Crippen molar-refractivity contribution in [1.29, 1.82) is 0 Å². The van der Waals surface area contributed by atoms with Crippen LogP contribution in [0.4, 0.5) is 0 Å². The van der Waals surface area contributed by atoms with Crippen LogP contribution in [0.5, 0.6) is 0 Å². The molecule has 0 aliphatic carbocycles. The normalized spacial score (nSPS) is 20.8. The quantitative estimate of drug-likeness (QED) is 0.820. The fourth-order valence-electron chi connectivity index (χ4n) is 2.43. The Balaban J connectivity index is 2.11. The van der Waals surface area contributed by atoms with Crippen molar-refractivity contribution in [2.24, 2.45) is 0 Å². The van der Waals surface area contributed by atoms with Gasteiger partial charge in [0, 0.05) is 35.9 Å². The number of nitrogens with zero attached hydrogens (tertiary/aromatic N) is 1. The molecule has 0 radical (unpaired) electrons. The van der Waals surface area contributed by atoms with E-state index in [0.29, 0.717) is 12.3 Å². The van der Waals surface area contributed by atoms with Gasteiger partial charge in [0.25, 0.3) is 0 Å². The third-order valence-corrected chi connectivity index (χ3v) is 7.09. The first-order valence-electron chi connectivity index (χ1n) is 7.37. The smallest absolute Gasteiger partial charge is 0.166 e. The number of rotatable bonds is 7. The van der Waals surface area contributed by atoms with Crippen LogP contribution in [0.1, 0.15) is 25.2 Å². The molecule has 1 aromatic heterocycles. The molecule has 1 atom stereocenters. The third kappa shape index (κ3) is 4.25. The van der Waals surface area contributed by atoms with Crippen LogP contribution in [-0.2, 0) is 22.9 Å². The average molecular weight is 332 g/mol. The molecule has 1 aliphatic heterocycles. The van der Waals surface area contributed by atoms with Gasteiger partial charge in [0.1, 0.15) is 11.1 Å². The van der Waals surface area contributed by atoms with E-state index in [1.54, 1.807) is 24.9 Å². The Morgan fingerprint density at radius 3 is 3.00 bits per heavy atom. The van der Waals surface area contributed by atoms with Crippen molar-refractivity contribution in [3.63, 3.8) is 0 Å². The van der Waals surface area contributed by atoms with Crippen LogP contribution in [0, 0.1) is 0 Å². The van der Waals surface area contributed by atoms with Crippen molar-refractivity contribution in [3.8, 4) is 0 Å². The van der Waals surface area contributed by atoms with Crippen LogP contribution in [0.2, 0.25) is 0 Å². The second-order valence-corrected chi connectivity index (χ2v) is 8.70. The van der Waals surface area contributed by atoms with E-state index < -0.39 is 15.2 Å². The van der Waals surface area contributed by atoms with Crippen molar-refractivity contribution in [1.82, 2.24) is 10.2 Å². The number of sulfone groups is 1. The van der Waals surface area contributed by atoms with E-state index in [1.165, 1.54) is 0 Å². The van der Waals surface area contributed by atoms with E-state index in [-0.39, 0.29) is 5.75 Å². The van der Waals surface area contributed by atoms with Crippen LogP contribution in [-0.4, -0.2) is 49.0 Å². The molecule has 5 nitrogen and oxygen atoms in total. The van der Waals surface area contributed by atoms with Crippen molar-refractivity contribution in [2.75, 3.05) is 30.3 Å². The Bertz CT molecular complexity index is 542. The minimum Gasteiger partial charge on any atom is -0.468 e. The molecular formula is C14H24N2O3S2. The molecule has 120 valence electrons. The van der Waals surface area contributed by atoms with Crippen LogP contribution in [0.25, 0.3) is 0 Å². The highest BCUT2D eigenvalue weighted by Crippen LogP contribution is 2.24. The van der Waals surface area contributed by atoms with Gasteiger partial charge in [-0.3, -0.25) is 4.90 Å². The minimum absolute atomic E-state index is 0.192. The van der Waals surface area contributed by atoms with Gasteiger partial charge in [0.2, 0.25) is 0 Å². The fraction of sp³-hybridized carbons (Fsp3) is 0.714. The van der Waals surface area contributed by atoms with Gasteiger partial charge >= 0.3 is 0 Å². The summed E-state index contributed by atoms with van der Waals surface area (Å²) in [7, 11) is -3.06. The van der Waals surface area contributed by atoms with Gasteiger partial charge in [0.05, 0.1) is 12.8 Å². The summed E-state index contributed by atoms with van der Waals surface area (Å²) in [6, 6.07) is 1.96. The van der Waals surface area contributed by atoms with E-state index in [1.807, 2.05) is 11.0 Å². The Kier molecular flexibility index (Phi) is 6.16. The van der Waals surface area contributed by atoms with Crippen LogP contribution in [0.3, 0.4) is 0 Å². The van der Waals surface area contributed by atoms with E-state index in [9.17, 15) is 8.42 Å². The summed E-state index contributed by atoms with van der Waals surface area (Å²) in [5.74, 6) is 2.69. The Hall–Kier alpha value is -0.500. The minimum atomic E-state index is -3.06. The first-order chi connectivity index (χ1) is 10.1. The molecule has 1 N–H and O–H groups in total. The van der Waals surface area contributed by atoms with Gasteiger partial charge in [-0.1, -0.05) is 13.8 Å². The zero-order chi connectivity index (χ0) is 15.3. The van der Waals surface area contributed by atoms with Crippen LogP contribution >= 0.6 is 11.8 Å². The molecule has 1 aromatic rings. The number of thioether (sulfide) groups is 1. The number of hydrogen-bond acceptors (Lipinski definition) is 6. The average Bonchev–Trinajstić information content (AvgIpc) is 2.92. The second kappa shape index (κ2) is 7.67. The van der Waals surface area contributed by atoms with Gasteiger partial charge in [-0.05, 0) is 12.6 Å². The molecule has 0 bridgehead atoms. The maximum atomic E-state index is 12.3. The van der Waals surface area contributed by atoms with Gasteiger partial charge in [-0.2, -0.15) is 11.8 Å². The lowest BCUT2D eigenvalue weighted by Gasteiger charge is -2.34. The molecular weight excluding hydrogens is 308 g/mol. The molecule has 0 amide bonds. The third-order valence-electron chi connectivity index (χ3n) is 3.76. The van der Waals surface area contributed by atoms with Gasteiger partial charge < -0.3 is 9.73 Å². The number of nitrogens with one attached hydrogen (secondary N) is 1. The maximum absolute atomic E-state index is 12.3. The van der Waals surface area contributed by atoms with Crippen molar-refractivity contribution in [3.05, 3.63) is 23.7 Å². The summed E-state index contributed by atoms with van der Waals surface area (Å²) < 4.78 is 30.1. The molecule has 2 rings (SSSR count). The standard InChI is InChI=1S/C14H24N2O3S2/c1-3-15-9-12-5-7-19-13(12)10-16-6-8-20-11-14(16)21(17,18)4-2/h5,7,14-15H,3-4,6,8-11H2,1-2H3. The fourth-order valence-corrected chi connectivity index (χ4v) is 5.51. The lowest BCUT2D eigenvalue weighted by atomic mass is 10.2. The molecule has 21 heavy (non-hydrogen) atoms. The van der Waals surface area contributed by atoms with Gasteiger partial charge in [0.15, 0.2) is 9.84 Å². The van der Waals surface area contributed by atoms with E-state index >= 15 is 0 Å². The lowest BCUT2D eigenvalue weighted by Crippen LogP contribution is -2.47. The topological polar surface area (TPSA) is 62.6 Å². The second-order valence-electron chi connectivity index (χ2n) is 5.10. The molecule has 0 spiro atoms. The molecule has 0 aromatic carbocycles. The van der Waals surface area contributed by atoms with Crippen LogP contribution < -0.4 is 5.32 Å². The molecule has 1 fully saturated rings. The highest BCUT2D eigenvalue weighted by Gasteiger charge is 2.33. The summed E-state index contributed by atoms with van der Waals surface area (Å²) in [4.78, 5) is 2.05.